The van der Waals surface area contributed by atoms with Crippen molar-refractivity contribution in [3.8, 4) is 45.2 Å². The minimum atomic E-state index is -10.7. The van der Waals surface area contributed by atoms with Crippen molar-refractivity contribution in [2.75, 3.05) is 38.0 Å². The Morgan fingerprint density at radius 2 is 0.980 bits per heavy atom. The van der Waals surface area contributed by atoms with Crippen LogP contribution in [0.5, 0.6) is 0 Å². The number of anilines is 2. The van der Waals surface area contributed by atoms with E-state index in [9.17, 15) is 25.2 Å². The molecule has 0 bridgehead atoms. The number of nitrogens with zero attached hydrogens (tertiary/aromatic N) is 6. The molecule has 0 saturated carbocycles. The first-order chi connectivity index (χ1) is 22.9. The Morgan fingerprint density at radius 1 is 0.500 bits per heavy atom. The van der Waals surface area contributed by atoms with Crippen molar-refractivity contribution in [1.82, 2.24) is 19.9 Å². The van der Waals surface area contributed by atoms with Crippen molar-refractivity contribution in [3.63, 3.8) is 0 Å². The van der Waals surface area contributed by atoms with E-state index in [0.29, 0.717) is 0 Å². The van der Waals surface area contributed by atoms with Gasteiger partial charge in [0.2, 0.25) is 0 Å². The van der Waals surface area contributed by atoms with Gasteiger partial charge < -0.3 is 9.80 Å². The number of rotatable bonds is 6. The smallest absolute Gasteiger partial charge is 0 e. The molecule has 6 rings (SSSR count). The van der Waals surface area contributed by atoms with E-state index in [0.717, 1.165) is 56.5 Å². The summed E-state index contributed by atoms with van der Waals surface area (Å²) in [5.74, 6) is 0. The molecule has 50 heavy (non-hydrogen) atoms. The molecule has 1 radical (unpaired) electrons. The van der Waals surface area contributed by atoms with E-state index in [4.69, 9.17) is 4.98 Å². The molecule has 14 heteroatoms. The third-order valence-corrected chi connectivity index (χ3v) is 6.53. The minimum absolute atomic E-state index is 0. The summed E-state index contributed by atoms with van der Waals surface area (Å²) < 4.78 is 59.2. The van der Waals surface area contributed by atoms with Crippen molar-refractivity contribution >= 4 is 19.2 Å². The molecule has 0 aliphatic carbocycles. The van der Waals surface area contributed by atoms with Crippen LogP contribution in [0, 0.1) is 12.1 Å². The van der Waals surface area contributed by atoms with Crippen molar-refractivity contribution in [3.05, 3.63) is 134 Å². The summed E-state index contributed by atoms with van der Waals surface area (Å²) in [7, 11) is -2.58. The first kappa shape index (κ1) is 39.7. The van der Waals surface area contributed by atoms with Gasteiger partial charge in [0.05, 0.1) is 11.4 Å². The predicted octanol–water partition coefficient (Wildman–Crippen LogP) is 10.7. The van der Waals surface area contributed by atoms with E-state index in [1.165, 1.54) is 0 Å². The Bertz CT molecular complexity index is 1840. The van der Waals surface area contributed by atoms with Gasteiger partial charge in [0.25, 0.3) is 0 Å². The Kier molecular flexibility index (Phi) is 12.6. The maximum atomic E-state index is 9.87. The zero-order chi connectivity index (χ0) is 35.7. The maximum Gasteiger partial charge on any atom is 0 e. The van der Waals surface area contributed by atoms with E-state index in [1.54, 1.807) is 6.20 Å². The summed E-state index contributed by atoms with van der Waals surface area (Å²) >= 11 is 0. The average molecular weight is 886 g/mol. The fourth-order valence-corrected chi connectivity index (χ4v) is 4.25. The summed E-state index contributed by atoms with van der Waals surface area (Å²) in [6.45, 7) is 0. The topological polar surface area (TPSA) is 58.0 Å². The Balaban J connectivity index is 0.000000224. The molecule has 0 unspecified atom stereocenters. The number of benzene rings is 2. The number of halogens is 6. The van der Waals surface area contributed by atoms with Crippen LogP contribution in [0.4, 0.5) is 36.6 Å². The summed E-state index contributed by atoms with van der Waals surface area (Å²) in [5, 5.41) is 0. The molecule has 6 aromatic rings. The molecular formula is C36H32F6IrN6P-3. The maximum absolute atomic E-state index is 10.7. The second-order valence-corrected chi connectivity index (χ2v) is 12.8. The van der Waals surface area contributed by atoms with Crippen molar-refractivity contribution in [1.29, 1.82) is 0 Å². The molecule has 0 fully saturated rings. The minimum Gasteiger partial charge on any atom is 0 e. The fourth-order valence-electron chi connectivity index (χ4n) is 4.25. The molecule has 0 aliphatic rings. The van der Waals surface area contributed by atoms with Crippen LogP contribution in [0.2, 0.25) is 0 Å². The fraction of sp³-hybridized carbons (Fsp3) is 0.111. The van der Waals surface area contributed by atoms with Gasteiger partial charge in [-0.2, -0.15) is 0 Å². The van der Waals surface area contributed by atoms with E-state index < -0.39 is 7.81 Å². The second kappa shape index (κ2) is 15.9. The predicted molar refractivity (Wildman–Crippen MR) is 186 cm³/mol. The van der Waals surface area contributed by atoms with Gasteiger partial charge in [-0.05, 0) is 42.1 Å². The normalized spacial score (nSPS) is 12.0. The van der Waals surface area contributed by atoms with Gasteiger partial charge in [-0.25, -0.2) is 0 Å². The first-order valence-corrected chi connectivity index (χ1v) is 16.7. The number of aromatic nitrogens is 4. The van der Waals surface area contributed by atoms with Gasteiger partial charge in [-0.3, -0.25) is 19.9 Å². The van der Waals surface area contributed by atoms with Gasteiger partial charge in [0.15, 0.2) is 0 Å². The van der Waals surface area contributed by atoms with Gasteiger partial charge in [-0.15, -0.1) is 60.2 Å². The van der Waals surface area contributed by atoms with Crippen LogP contribution < -0.4 is 9.80 Å². The summed E-state index contributed by atoms with van der Waals surface area (Å²) in [5.41, 5.74) is 9.66. The van der Waals surface area contributed by atoms with Gasteiger partial charge in [0.1, 0.15) is 0 Å². The molecule has 6 nitrogen and oxygen atoms in total. The van der Waals surface area contributed by atoms with Crippen LogP contribution in [0.3, 0.4) is 0 Å². The van der Waals surface area contributed by atoms with Gasteiger partial charge in [-0.1, -0.05) is 35.4 Å². The quantitative estimate of drug-likeness (QED) is 0.0944. The van der Waals surface area contributed by atoms with Crippen LogP contribution in [-0.4, -0.2) is 48.1 Å². The molecule has 4 aromatic heterocycles. The molecule has 0 spiro atoms. The third-order valence-electron chi connectivity index (χ3n) is 6.53. The molecule has 0 amide bonds. The molecule has 2 aromatic carbocycles. The first-order valence-electron chi connectivity index (χ1n) is 14.6. The van der Waals surface area contributed by atoms with E-state index in [2.05, 4.69) is 43.0 Å². The molecular weight excluding hydrogens is 854 g/mol. The molecule has 0 atom stereocenters. The number of hydrogen-bond acceptors (Lipinski definition) is 6. The molecule has 0 saturated heterocycles. The van der Waals surface area contributed by atoms with Crippen LogP contribution in [-0.2, 0) is 20.1 Å². The monoisotopic (exact) mass is 886 g/mol. The SMILES string of the molecule is CN(C)c1ccnc(-c2[c-]c(-c3ccccn3)ccc2)c1.CN(C)c1ccnc(-c2cccc(-c3[c-]cccc3)n2)c1.F[P-](F)(F)(F)(F)F.[Ir]. The van der Waals surface area contributed by atoms with Crippen LogP contribution in [0.25, 0.3) is 45.2 Å². The van der Waals surface area contributed by atoms with Gasteiger partial charge >= 0.3 is 33.0 Å². The Hall–Kier alpha value is -4.70. The van der Waals surface area contributed by atoms with Crippen molar-refractivity contribution in [2.24, 2.45) is 0 Å². The van der Waals surface area contributed by atoms with Crippen LogP contribution >= 0.6 is 7.81 Å². The molecule has 0 aliphatic heterocycles. The van der Waals surface area contributed by atoms with E-state index in [-0.39, 0.29) is 20.1 Å². The Morgan fingerprint density at radius 3 is 1.54 bits per heavy atom. The summed E-state index contributed by atoms with van der Waals surface area (Å²) in [6.07, 6.45) is 5.43. The molecule has 4 heterocycles. The largest absolute Gasteiger partial charge is 0 e. The van der Waals surface area contributed by atoms with Crippen LogP contribution in [0.1, 0.15) is 0 Å². The van der Waals surface area contributed by atoms with Crippen molar-refractivity contribution < 1.29 is 45.3 Å². The zero-order valence-electron chi connectivity index (χ0n) is 27.3. The van der Waals surface area contributed by atoms with E-state index >= 15 is 0 Å². The summed E-state index contributed by atoms with van der Waals surface area (Å²) in [4.78, 5) is 22.1. The number of hydrogen-bond donors (Lipinski definition) is 0. The van der Waals surface area contributed by atoms with Crippen LogP contribution in [0.15, 0.2) is 122 Å². The third kappa shape index (κ3) is 13.7. The summed E-state index contributed by atoms with van der Waals surface area (Å²) in [6, 6.07) is 40.4. The zero-order valence-corrected chi connectivity index (χ0v) is 30.6. The second-order valence-electron chi connectivity index (χ2n) is 10.9. The Labute approximate surface area is 300 Å². The van der Waals surface area contributed by atoms with Gasteiger partial charge in [0, 0.05) is 89.6 Å². The van der Waals surface area contributed by atoms with Crippen molar-refractivity contribution in [2.45, 2.75) is 0 Å². The average Bonchev–Trinajstić information content (AvgIpc) is 3.08. The molecule has 265 valence electrons. The number of pyridine rings is 4. The van der Waals surface area contributed by atoms with E-state index in [1.807, 2.05) is 138 Å². The molecule has 0 N–H and O–H groups in total. The standard InChI is InChI=1S/2C18H16N3.F6P.Ir/c1-21(2)16-9-11-20-18(13-16)15-7-5-6-14(12-15)17-8-3-4-10-19-17;1-21(2)15-11-12-19-18(13-15)17-10-6-9-16(20-17)14-7-4-3-5-8-14;1-7(2,3,4,5)6;/h3-11,13H,1-2H3;3-7,9-13H,1-2H3;;/q3*-1;.